The monoisotopic (exact) mass is 377 g/mol. The maximum atomic E-state index is 11.5. The predicted molar refractivity (Wildman–Crippen MR) is 108 cm³/mol. The number of imidazole rings is 1. The highest BCUT2D eigenvalue weighted by Gasteiger charge is 2.11. The van der Waals surface area contributed by atoms with Crippen molar-refractivity contribution in [3.63, 3.8) is 0 Å². The van der Waals surface area contributed by atoms with Crippen LogP contribution in [0, 0.1) is 11.8 Å². The lowest BCUT2D eigenvalue weighted by molar-refractivity contribution is -0.148. The van der Waals surface area contributed by atoms with Gasteiger partial charge in [0.2, 0.25) is 0 Å². The van der Waals surface area contributed by atoms with Crippen molar-refractivity contribution in [2.24, 2.45) is 0 Å². The Hall–Kier alpha value is -3.30. The molecule has 0 N–H and O–H groups in total. The zero-order valence-corrected chi connectivity index (χ0v) is 16.3. The Morgan fingerprint density at radius 1 is 1.14 bits per heavy atom. The summed E-state index contributed by atoms with van der Waals surface area (Å²) in [6, 6.07) is 13.8. The van der Waals surface area contributed by atoms with Crippen LogP contribution in [0.25, 0.3) is 5.65 Å². The van der Waals surface area contributed by atoms with Crippen molar-refractivity contribution in [1.82, 2.24) is 9.38 Å². The average Bonchev–Trinajstić information content (AvgIpc) is 3.04. The largest absolute Gasteiger partial charge is 0.464 e. The SMILES string of the molecule is CCOC(=O)COCc1nc2ccccn2c1C#Cc1ccc(N(C)C)cc1. The van der Waals surface area contributed by atoms with Crippen molar-refractivity contribution in [3.05, 3.63) is 65.6 Å². The molecule has 6 nitrogen and oxygen atoms in total. The second kappa shape index (κ2) is 9.07. The number of carbonyl (C=O) groups excluding carboxylic acids is 1. The Morgan fingerprint density at radius 2 is 1.93 bits per heavy atom. The first-order valence-electron chi connectivity index (χ1n) is 9.07. The van der Waals surface area contributed by atoms with Crippen LogP contribution in [-0.2, 0) is 20.9 Å². The van der Waals surface area contributed by atoms with Gasteiger partial charge in [0.1, 0.15) is 23.6 Å². The molecule has 0 aliphatic rings. The number of benzene rings is 1. The Bertz CT molecular complexity index is 1010. The van der Waals surface area contributed by atoms with Gasteiger partial charge in [-0.25, -0.2) is 9.78 Å². The summed E-state index contributed by atoms with van der Waals surface area (Å²) in [4.78, 5) is 18.1. The fourth-order valence-electron chi connectivity index (χ4n) is 2.69. The van der Waals surface area contributed by atoms with Gasteiger partial charge in [0, 0.05) is 31.5 Å². The number of anilines is 1. The number of carbonyl (C=O) groups is 1. The molecule has 0 saturated carbocycles. The maximum absolute atomic E-state index is 11.5. The highest BCUT2D eigenvalue weighted by atomic mass is 16.6. The Morgan fingerprint density at radius 3 is 2.64 bits per heavy atom. The summed E-state index contributed by atoms with van der Waals surface area (Å²) < 4.78 is 12.3. The van der Waals surface area contributed by atoms with E-state index in [2.05, 4.69) is 16.8 Å². The highest BCUT2D eigenvalue weighted by Crippen LogP contribution is 2.14. The van der Waals surface area contributed by atoms with Gasteiger partial charge in [-0.05, 0) is 49.2 Å². The number of ether oxygens (including phenoxy) is 2. The molecule has 3 aromatic rings. The van der Waals surface area contributed by atoms with Gasteiger partial charge in [0.15, 0.2) is 0 Å². The molecule has 0 fully saturated rings. The lowest BCUT2D eigenvalue weighted by atomic mass is 10.2. The molecule has 0 aliphatic heterocycles. The molecule has 2 aromatic heterocycles. The minimum atomic E-state index is -0.389. The lowest BCUT2D eigenvalue weighted by Gasteiger charge is -2.11. The quantitative estimate of drug-likeness (QED) is 0.488. The van der Waals surface area contributed by atoms with Gasteiger partial charge in [-0.15, -0.1) is 0 Å². The molecule has 0 spiro atoms. The van der Waals surface area contributed by atoms with Crippen LogP contribution in [0.5, 0.6) is 0 Å². The Labute approximate surface area is 164 Å². The fourth-order valence-corrected chi connectivity index (χ4v) is 2.69. The minimum Gasteiger partial charge on any atom is -0.464 e. The van der Waals surface area contributed by atoms with Crippen LogP contribution >= 0.6 is 0 Å². The van der Waals surface area contributed by atoms with E-state index in [0.717, 1.165) is 22.6 Å². The molecule has 0 atom stereocenters. The molecule has 2 heterocycles. The van der Waals surface area contributed by atoms with Crippen LogP contribution in [0.1, 0.15) is 23.9 Å². The summed E-state index contributed by atoms with van der Waals surface area (Å²) in [5, 5.41) is 0. The topological polar surface area (TPSA) is 56.1 Å². The van der Waals surface area contributed by atoms with Gasteiger partial charge >= 0.3 is 5.97 Å². The van der Waals surface area contributed by atoms with Crippen LogP contribution in [0.4, 0.5) is 5.69 Å². The summed E-state index contributed by atoms with van der Waals surface area (Å²) in [5.74, 6) is 6.00. The third-order valence-corrected chi connectivity index (χ3v) is 4.08. The lowest BCUT2D eigenvalue weighted by Crippen LogP contribution is -2.12. The average molecular weight is 377 g/mol. The predicted octanol–water partition coefficient (Wildman–Crippen LogP) is 2.88. The zero-order valence-electron chi connectivity index (χ0n) is 16.3. The third kappa shape index (κ3) is 4.70. The van der Waals surface area contributed by atoms with Crippen molar-refractivity contribution in [3.8, 4) is 11.8 Å². The number of nitrogens with zero attached hydrogens (tertiary/aromatic N) is 3. The smallest absolute Gasteiger partial charge is 0.332 e. The van der Waals surface area contributed by atoms with Gasteiger partial charge in [0.25, 0.3) is 0 Å². The number of hydrogen-bond acceptors (Lipinski definition) is 5. The molecule has 144 valence electrons. The number of esters is 1. The molecular weight excluding hydrogens is 354 g/mol. The summed E-state index contributed by atoms with van der Waals surface area (Å²) in [6.07, 6.45) is 1.91. The standard InChI is InChI=1S/C22H23N3O3/c1-4-28-22(26)16-27-15-19-20(25-14-6-5-7-21(25)23-19)13-10-17-8-11-18(12-9-17)24(2)3/h5-9,11-12,14H,4,15-16H2,1-3H3. The van der Waals surface area contributed by atoms with E-state index < -0.39 is 0 Å². The Balaban J connectivity index is 1.84. The number of fused-ring (bicyclic) bond motifs is 1. The van der Waals surface area contributed by atoms with E-state index in [4.69, 9.17) is 9.47 Å². The Kier molecular flexibility index (Phi) is 6.30. The van der Waals surface area contributed by atoms with Gasteiger partial charge in [-0.2, -0.15) is 0 Å². The molecule has 0 amide bonds. The van der Waals surface area contributed by atoms with Crippen molar-refractivity contribution in [2.45, 2.75) is 13.5 Å². The number of pyridine rings is 1. The number of rotatable bonds is 6. The summed E-state index contributed by atoms with van der Waals surface area (Å²) in [7, 11) is 4.00. The zero-order chi connectivity index (χ0) is 19.9. The fraction of sp³-hybridized carbons (Fsp3) is 0.273. The van der Waals surface area contributed by atoms with Crippen LogP contribution in [-0.4, -0.2) is 42.7 Å². The second-order valence-electron chi connectivity index (χ2n) is 6.33. The maximum Gasteiger partial charge on any atom is 0.332 e. The third-order valence-electron chi connectivity index (χ3n) is 4.08. The van der Waals surface area contributed by atoms with Gasteiger partial charge < -0.3 is 14.4 Å². The molecule has 0 unspecified atom stereocenters. The first kappa shape index (κ1) is 19.5. The molecule has 6 heteroatoms. The number of aromatic nitrogens is 2. The van der Waals surface area contributed by atoms with E-state index in [1.807, 2.05) is 72.1 Å². The van der Waals surface area contributed by atoms with E-state index >= 15 is 0 Å². The normalized spacial score (nSPS) is 10.4. The summed E-state index contributed by atoms with van der Waals surface area (Å²) in [5.41, 5.74) is 4.25. The van der Waals surface area contributed by atoms with E-state index in [0.29, 0.717) is 12.3 Å². The van der Waals surface area contributed by atoms with Crippen molar-refractivity contribution in [1.29, 1.82) is 0 Å². The minimum absolute atomic E-state index is 0.111. The van der Waals surface area contributed by atoms with Gasteiger partial charge in [0.05, 0.1) is 13.2 Å². The van der Waals surface area contributed by atoms with Crippen LogP contribution < -0.4 is 4.90 Å². The molecule has 0 aliphatic carbocycles. The molecule has 1 aromatic carbocycles. The number of hydrogen-bond donors (Lipinski definition) is 0. The van der Waals surface area contributed by atoms with Crippen LogP contribution in [0.2, 0.25) is 0 Å². The van der Waals surface area contributed by atoms with Crippen molar-refractivity contribution >= 4 is 17.3 Å². The van der Waals surface area contributed by atoms with Crippen molar-refractivity contribution in [2.75, 3.05) is 32.2 Å². The first-order chi connectivity index (χ1) is 13.6. The van der Waals surface area contributed by atoms with Crippen LogP contribution in [0.15, 0.2) is 48.7 Å². The van der Waals surface area contributed by atoms with E-state index in [9.17, 15) is 4.79 Å². The van der Waals surface area contributed by atoms with E-state index in [1.54, 1.807) is 6.92 Å². The molecule has 0 radical (unpaired) electrons. The molecule has 3 rings (SSSR count). The highest BCUT2D eigenvalue weighted by molar-refractivity contribution is 5.70. The summed E-state index contributed by atoms with van der Waals surface area (Å²) >= 11 is 0. The molecular formula is C22H23N3O3. The van der Waals surface area contributed by atoms with Crippen molar-refractivity contribution < 1.29 is 14.3 Å². The van der Waals surface area contributed by atoms with Gasteiger partial charge in [-0.3, -0.25) is 4.40 Å². The second-order valence-corrected chi connectivity index (χ2v) is 6.33. The first-order valence-corrected chi connectivity index (χ1v) is 9.07. The molecule has 0 saturated heterocycles. The van der Waals surface area contributed by atoms with Crippen LogP contribution in [0.3, 0.4) is 0 Å². The molecule has 0 bridgehead atoms. The van der Waals surface area contributed by atoms with E-state index in [-0.39, 0.29) is 19.2 Å². The molecule has 28 heavy (non-hydrogen) atoms. The summed E-state index contributed by atoms with van der Waals surface area (Å²) in [6.45, 7) is 2.17. The van der Waals surface area contributed by atoms with Gasteiger partial charge in [-0.1, -0.05) is 12.0 Å². The van der Waals surface area contributed by atoms with E-state index in [1.165, 1.54) is 0 Å².